The molecule has 1 spiro atoms. The zero-order chi connectivity index (χ0) is 33.6. The van der Waals surface area contributed by atoms with Crippen LogP contribution in [0.5, 0.6) is 0 Å². The van der Waals surface area contributed by atoms with Gasteiger partial charge in [-0.15, -0.1) is 0 Å². The Hall–Kier alpha value is -3.13. The number of esters is 4. The first-order valence-corrected chi connectivity index (χ1v) is 15.2. The second-order valence-electron chi connectivity index (χ2n) is 14.2. The average molecular weight is 635 g/mol. The molecule has 2 saturated carbocycles. The summed E-state index contributed by atoms with van der Waals surface area (Å²) in [7, 11) is 1.10. The van der Waals surface area contributed by atoms with Crippen LogP contribution in [0.1, 0.15) is 60.8 Å². The van der Waals surface area contributed by atoms with Crippen LogP contribution in [0.15, 0.2) is 23.8 Å². The molecule has 45 heavy (non-hydrogen) atoms. The van der Waals surface area contributed by atoms with E-state index in [-0.39, 0.29) is 17.6 Å². The van der Waals surface area contributed by atoms with E-state index < -0.39 is 112 Å². The van der Waals surface area contributed by atoms with Crippen LogP contribution in [0.25, 0.3) is 0 Å². The van der Waals surface area contributed by atoms with Crippen molar-refractivity contribution in [1.82, 2.24) is 0 Å². The van der Waals surface area contributed by atoms with Crippen LogP contribution in [-0.4, -0.2) is 94.5 Å². The van der Waals surface area contributed by atoms with Crippen LogP contribution in [-0.2, 0) is 47.7 Å². The Kier molecular flexibility index (Phi) is 7.91. The van der Waals surface area contributed by atoms with Crippen molar-refractivity contribution in [2.75, 3.05) is 7.11 Å². The van der Waals surface area contributed by atoms with E-state index in [0.717, 1.165) is 13.2 Å². The van der Waals surface area contributed by atoms with Crippen molar-refractivity contribution in [3.05, 3.63) is 23.8 Å². The van der Waals surface area contributed by atoms with E-state index in [0.29, 0.717) is 6.42 Å². The average Bonchev–Trinajstić information content (AvgIpc) is 3.25. The van der Waals surface area contributed by atoms with Gasteiger partial charge in [0.25, 0.3) is 0 Å². The number of aliphatic hydroxyl groups excluding tert-OH is 3. The summed E-state index contributed by atoms with van der Waals surface area (Å²) >= 11 is 0. The number of carbonyl (C=O) groups is 5. The molecule has 0 aromatic heterocycles. The fourth-order valence-corrected chi connectivity index (χ4v) is 8.86. The van der Waals surface area contributed by atoms with Gasteiger partial charge in [0.15, 0.2) is 18.0 Å². The zero-order valence-electron chi connectivity index (χ0n) is 26.5. The molecule has 0 aromatic rings. The first-order chi connectivity index (χ1) is 20.8. The van der Waals surface area contributed by atoms with Crippen molar-refractivity contribution in [2.24, 2.45) is 34.0 Å². The minimum Gasteiger partial charge on any atom is -0.467 e. The summed E-state index contributed by atoms with van der Waals surface area (Å²) in [6.07, 6.45) is -8.33. The lowest BCUT2D eigenvalue weighted by Gasteiger charge is -2.60. The van der Waals surface area contributed by atoms with Gasteiger partial charge >= 0.3 is 23.9 Å². The summed E-state index contributed by atoms with van der Waals surface area (Å²) in [5.41, 5.74) is -6.29. The number of Topliss-reactive ketones (excluding diaryl/α,β-unsaturated/α-hetero) is 1. The van der Waals surface area contributed by atoms with Gasteiger partial charge in [-0.2, -0.15) is 0 Å². The van der Waals surface area contributed by atoms with E-state index in [1.165, 1.54) is 0 Å². The number of cyclic esters (lactones) is 2. The second kappa shape index (κ2) is 10.7. The number of ether oxygens (including phenoxy) is 5. The molecule has 3 saturated heterocycles. The Balaban J connectivity index is 1.79. The molecule has 0 aromatic carbocycles. The number of carbonyl (C=O) groups excluding carboxylic acids is 5. The zero-order valence-corrected chi connectivity index (χ0v) is 26.5. The maximum Gasteiger partial charge on any atom is 0.335 e. The van der Waals surface area contributed by atoms with E-state index in [1.54, 1.807) is 41.5 Å². The number of rotatable bonds is 6. The summed E-state index contributed by atoms with van der Waals surface area (Å²) in [6, 6.07) is 0. The van der Waals surface area contributed by atoms with Crippen molar-refractivity contribution >= 4 is 29.7 Å². The van der Waals surface area contributed by atoms with Gasteiger partial charge < -0.3 is 39.0 Å². The minimum absolute atomic E-state index is 0.0503. The standard InChI is InChI=1S/C32H42O13/c1-9-13(2)26(38)44-21-23(37)29(4,5)22(20(36)28(40)41-8)31(7)16-11-30(6)24(15-10-17(33)43-27(15)39)42-18(34)12-32(30,45-25(21)31)14(3)19(16)35/h10,13,16,20-25,27,36-37,39H,3,9,11-12H2,1-2,4-8H3/t13-,16+,20+,21+,22+,23-,24+,25+,27-,30+,31-,32+/m1/s1. The molecule has 2 aliphatic carbocycles. The van der Waals surface area contributed by atoms with E-state index in [1.807, 2.05) is 0 Å². The maximum absolute atomic E-state index is 14.5. The Morgan fingerprint density at radius 3 is 2.31 bits per heavy atom. The Labute approximate surface area is 260 Å². The van der Waals surface area contributed by atoms with Crippen LogP contribution < -0.4 is 0 Å². The Morgan fingerprint density at radius 1 is 1.11 bits per heavy atom. The minimum atomic E-state index is -1.86. The van der Waals surface area contributed by atoms with Gasteiger partial charge in [0, 0.05) is 45.3 Å². The third-order valence-electron chi connectivity index (χ3n) is 11.5. The van der Waals surface area contributed by atoms with Crippen LogP contribution >= 0.6 is 0 Å². The molecule has 4 heterocycles. The summed E-state index contributed by atoms with van der Waals surface area (Å²) in [4.78, 5) is 66.2. The molecule has 2 bridgehead atoms. The van der Waals surface area contributed by atoms with E-state index in [9.17, 15) is 39.3 Å². The molecule has 0 radical (unpaired) electrons. The first-order valence-electron chi connectivity index (χ1n) is 15.2. The highest BCUT2D eigenvalue weighted by Gasteiger charge is 2.78. The van der Waals surface area contributed by atoms with E-state index in [4.69, 9.17) is 23.7 Å². The molecular weight excluding hydrogens is 592 g/mol. The Bertz CT molecular complexity index is 1380. The summed E-state index contributed by atoms with van der Waals surface area (Å²) in [5, 5.41) is 34.1. The van der Waals surface area contributed by atoms with Crippen molar-refractivity contribution < 1.29 is 63.0 Å². The van der Waals surface area contributed by atoms with Crippen molar-refractivity contribution in [3.63, 3.8) is 0 Å². The molecular formula is C32H42O13. The summed E-state index contributed by atoms with van der Waals surface area (Å²) in [5.74, 6) is -6.69. The first kappa shape index (κ1) is 33.2. The topological polar surface area (TPSA) is 192 Å². The molecule has 6 aliphatic rings. The van der Waals surface area contributed by atoms with E-state index in [2.05, 4.69) is 6.58 Å². The number of fused-ring (bicyclic) bond motifs is 1. The normalized spacial score (nSPS) is 43.2. The maximum atomic E-state index is 14.5. The molecule has 13 nitrogen and oxygen atoms in total. The number of hydrogen-bond acceptors (Lipinski definition) is 13. The predicted molar refractivity (Wildman–Crippen MR) is 151 cm³/mol. The third kappa shape index (κ3) is 4.37. The van der Waals surface area contributed by atoms with Crippen LogP contribution in [0.4, 0.5) is 0 Å². The number of aliphatic hydroxyl groups is 3. The molecule has 12 atom stereocenters. The van der Waals surface area contributed by atoms with E-state index >= 15 is 0 Å². The molecule has 6 rings (SSSR count). The lowest BCUT2D eigenvalue weighted by atomic mass is 9.44. The highest BCUT2D eigenvalue weighted by atomic mass is 16.6. The molecule has 248 valence electrons. The predicted octanol–water partition coefficient (Wildman–Crippen LogP) is 0.908. The summed E-state index contributed by atoms with van der Waals surface area (Å²) in [6.45, 7) is 14.1. The fraction of sp³-hybridized carbons (Fsp3) is 0.719. The smallest absolute Gasteiger partial charge is 0.335 e. The second-order valence-corrected chi connectivity index (χ2v) is 14.2. The van der Waals surface area contributed by atoms with Crippen LogP contribution in [0, 0.1) is 34.0 Å². The number of methoxy groups -OCH3 is 1. The van der Waals surface area contributed by atoms with Gasteiger partial charge in [-0.25, -0.2) is 9.59 Å². The molecule has 0 unspecified atom stereocenters. The van der Waals surface area contributed by atoms with Gasteiger partial charge in [-0.3, -0.25) is 14.4 Å². The van der Waals surface area contributed by atoms with Crippen molar-refractivity contribution in [3.8, 4) is 0 Å². The molecule has 5 fully saturated rings. The monoisotopic (exact) mass is 634 g/mol. The van der Waals surface area contributed by atoms with Gasteiger partial charge in [0.05, 0.1) is 25.6 Å². The van der Waals surface area contributed by atoms with Gasteiger partial charge in [-0.05, 0) is 12.8 Å². The quantitative estimate of drug-likeness (QED) is 0.212. The fourth-order valence-electron chi connectivity index (χ4n) is 8.86. The van der Waals surface area contributed by atoms with Crippen molar-refractivity contribution in [1.29, 1.82) is 0 Å². The lowest BCUT2D eigenvalue weighted by Crippen LogP contribution is -2.70. The largest absolute Gasteiger partial charge is 0.467 e. The van der Waals surface area contributed by atoms with Crippen LogP contribution in [0.2, 0.25) is 0 Å². The van der Waals surface area contributed by atoms with Gasteiger partial charge in [0.2, 0.25) is 6.29 Å². The van der Waals surface area contributed by atoms with Gasteiger partial charge in [0.1, 0.15) is 17.8 Å². The Morgan fingerprint density at radius 2 is 1.76 bits per heavy atom. The molecule has 0 amide bonds. The lowest BCUT2D eigenvalue weighted by molar-refractivity contribution is -0.288. The molecule has 13 heteroatoms. The highest BCUT2D eigenvalue weighted by Crippen LogP contribution is 2.70. The highest BCUT2D eigenvalue weighted by molar-refractivity contribution is 6.02. The van der Waals surface area contributed by atoms with Gasteiger partial charge in [-0.1, -0.05) is 48.1 Å². The third-order valence-corrected chi connectivity index (χ3v) is 11.5. The molecule has 3 N–H and O–H groups in total. The SMILES string of the molecule is C=C1C(=O)[C@@H]2C[C@@]3(C)[C@H](C4=CC(=O)O[C@H]4O)OC(=O)C[C@]13O[C@H]1[C@@H](OC(=O)[C@H](C)CC)[C@@H](O)C(C)(C)[C@H]([C@H](O)C(=O)OC)[C@@]21C. The van der Waals surface area contributed by atoms with Crippen LogP contribution in [0.3, 0.4) is 0 Å². The number of ketones is 1. The number of hydrogen-bond donors (Lipinski definition) is 3. The molecule has 4 aliphatic heterocycles. The summed E-state index contributed by atoms with van der Waals surface area (Å²) < 4.78 is 28.5. The van der Waals surface area contributed by atoms with Crippen molar-refractivity contribution in [2.45, 2.75) is 103 Å².